The minimum Gasteiger partial charge on any atom is -0.507 e. The van der Waals surface area contributed by atoms with Gasteiger partial charge in [-0.1, -0.05) is 11.6 Å². The van der Waals surface area contributed by atoms with Gasteiger partial charge in [-0.15, -0.1) is 11.6 Å². The van der Waals surface area contributed by atoms with Gasteiger partial charge in [0, 0.05) is 0 Å². The van der Waals surface area contributed by atoms with Gasteiger partial charge in [-0.25, -0.2) is 0 Å². The molecule has 1 aliphatic rings. The number of rotatable bonds is 0. The molecule has 0 saturated heterocycles. The Morgan fingerprint density at radius 3 is 2.78 bits per heavy atom. The van der Waals surface area contributed by atoms with E-state index < -0.39 is 0 Å². The largest absolute Gasteiger partial charge is 0.507 e. The van der Waals surface area contributed by atoms with Crippen molar-refractivity contribution in [3.8, 4) is 0 Å². The lowest BCUT2D eigenvalue weighted by Crippen LogP contribution is -1.99. The van der Waals surface area contributed by atoms with Gasteiger partial charge >= 0.3 is 0 Å². The van der Waals surface area contributed by atoms with Crippen LogP contribution in [-0.4, -0.2) is 10.5 Å². The standard InChI is InChI=1S/C6H6Cl2O/c7-4-1-2-6(9)5(8)3-4/h2-4,9H,1H2. The van der Waals surface area contributed by atoms with Crippen LogP contribution in [0, 0.1) is 0 Å². The molecule has 1 unspecified atom stereocenters. The van der Waals surface area contributed by atoms with Gasteiger partial charge in [0.05, 0.1) is 10.4 Å². The molecule has 0 heterocycles. The van der Waals surface area contributed by atoms with Crippen molar-refractivity contribution in [1.29, 1.82) is 0 Å². The first kappa shape index (κ1) is 6.97. The van der Waals surface area contributed by atoms with Crippen molar-refractivity contribution in [2.45, 2.75) is 11.8 Å². The molecule has 0 amide bonds. The molecule has 0 radical (unpaired) electrons. The van der Waals surface area contributed by atoms with Gasteiger partial charge in [0.25, 0.3) is 0 Å². The number of aliphatic hydroxyl groups excluding tert-OH is 1. The van der Waals surface area contributed by atoms with Gasteiger partial charge in [-0.2, -0.15) is 0 Å². The predicted octanol–water partition coefficient (Wildman–Crippen LogP) is 2.56. The molecule has 3 heteroatoms. The monoisotopic (exact) mass is 164 g/mol. The summed E-state index contributed by atoms with van der Waals surface area (Å²) in [7, 11) is 0. The molecule has 0 aliphatic heterocycles. The molecular weight excluding hydrogens is 159 g/mol. The Morgan fingerprint density at radius 2 is 2.33 bits per heavy atom. The first-order valence-electron chi connectivity index (χ1n) is 2.61. The molecule has 0 aromatic rings. The molecular formula is C6H6Cl2O. The third-order valence-corrected chi connectivity index (χ3v) is 1.73. The number of halogens is 2. The molecule has 50 valence electrons. The molecule has 1 nitrogen and oxygen atoms in total. The molecule has 1 rings (SSSR count). The van der Waals surface area contributed by atoms with Gasteiger partial charge < -0.3 is 5.11 Å². The van der Waals surface area contributed by atoms with Gasteiger partial charge in [-0.05, 0) is 18.6 Å². The Morgan fingerprint density at radius 1 is 1.67 bits per heavy atom. The highest BCUT2D eigenvalue weighted by molar-refractivity contribution is 6.33. The van der Waals surface area contributed by atoms with E-state index >= 15 is 0 Å². The summed E-state index contributed by atoms with van der Waals surface area (Å²) in [5, 5.41) is 9.18. The highest BCUT2D eigenvalue weighted by Crippen LogP contribution is 2.22. The van der Waals surface area contributed by atoms with Crippen LogP contribution >= 0.6 is 23.2 Å². The lowest BCUT2D eigenvalue weighted by molar-refractivity contribution is 0.424. The van der Waals surface area contributed by atoms with Gasteiger partial charge in [0.2, 0.25) is 0 Å². The third-order valence-electron chi connectivity index (χ3n) is 1.11. The maximum absolute atomic E-state index is 8.90. The van der Waals surface area contributed by atoms with E-state index in [1.165, 1.54) is 0 Å². The fourth-order valence-electron chi connectivity index (χ4n) is 0.634. The zero-order chi connectivity index (χ0) is 6.85. The van der Waals surface area contributed by atoms with Crippen LogP contribution in [0.15, 0.2) is 22.9 Å². The van der Waals surface area contributed by atoms with Crippen molar-refractivity contribution in [3.63, 3.8) is 0 Å². The Labute approximate surface area is 63.6 Å². The number of hydrogen-bond acceptors (Lipinski definition) is 1. The van der Waals surface area contributed by atoms with Gasteiger partial charge in [-0.3, -0.25) is 0 Å². The van der Waals surface area contributed by atoms with Crippen molar-refractivity contribution < 1.29 is 5.11 Å². The van der Waals surface area contributed by atoms with Crippen LogP contribution in [-0.2, 0) is 0 Å². The average Bonchev–Trinajstić information content (AvgIpc) is 1.80. The smallest absolute Gasteiger partial charge is 0.129 e. The van der Waals surface area contributed by atoms with Gasteiger partial charge in [0.1, 0.15) is 5.76 Å². The van der Waals surface area contributed by atoms with E-state index in [1.807, 2.05) is 0 Å². The molecule has 0 fully saturated rings. The second kappa shape index (κ2) is 2.63. The quantitative estimate of drug-likeness (QED) is 0.547. The lowest BCUT2D eigenvalue weighted by atomic mass is 10.2. The molecule has 9 heavy (non-hydrogen) atoms. The topological polar surface area (TPSA) is 20.2 Å². The van der Waals surface area contributed by atoms with E-state index in [-0.39, 0.29) is 11.1 Å². The molecule has 1 aliphatic carbocycles. The number of allylic oxidation sites excluding steroid dienone is 3. The highest BCUT2D eigenvalue weighted by atomic mass is 35.5. The SMILES string of the molecule is OC1=CCC(Cl)C=C1Cl. The Kier molecular flexibility index (Phi) is 2.04. The van der Waals surface area contributed by atoms with E-state index in [1.54, 1.807) is 12.2 Å². The molecule has 0 aromatic carbocycles. The molecule has 1 atom stereocenters. The van der Waals surface area contributed by atoms with E-state index in [4.69, 9.17) is 28.3 Å². The van der Waals surface area contributed by atoms with Crippen LogP contribution in [0.5, 0.6) is 0 Å². The zero-order valence-corrected chi connectivity index (χ0v) is 6.15. The summed E-state index contributed by atoms with van der Waals surface area (Å²) in [4.78, 5) is 0. The summed E-state index contributed by atoms with van der Waals surface area (Å²) in [6.45, 7) is 0. The number of aliphatic hydroxyl groups is 1. The average molecular weight is 165 g/mol. The van der Waals surface area contributed by atoms with Gasteiger partial charge in [0.15, 0.2) is 0 Å². The minimum absolute atomic E-state index is 0.0617. The summed E-state index contributed by atoms with van der Waals surface area (Å²) in [5.74, 6) is 0.133. The van der Waals surface area contributed by atoms with Crippen LogP contribution in [0.2, 0.25) is 0 Å². The Bertz CT molecular complexity index is 172. The Hall–Kier alpha value is -0.140. The molecule has 0 aromatic heterocycles. The fraction of sp³-hybridized carbons (Fsp3) is 0.333. The number of hydrogen-bond donors (Lipinski definition) is 1. The van der Waals surface area contributed by atoms with E-state index in [0.29, 0.717) is 11.5 Å². The third kappa shape index (κ3) is 1.63. The van der Waals surface area contributed by atoms with Crippen LogP contribution in [0.25, 0.3) is 0 Å². The van der Waals surface area contributed by atoms with Crippen LogP contribution in [0.1, 0.15) is 6.42 Å². The first-order chi connectivity index (χ1) is 4.20. The zero-order valence-electron chi connectivity index (χ0n) is 4.64. The maximum atomic E-state index is 8.90. The van der Waals surface area contributed by atoms with Crippen molar-refractivity contribution in [3.05, 3.63) is 22.9 Å². The molecule has 0 saturated carbocycles. The fourth-order valence-corrected chi connectivity index (χ4v) is 1.14. The number of alkyl halides is 1. The van der Waals surface area contributed by atoms with Crippen LogP contribution < -0.4 is 0 Å². The van der Waals surface area contributed by atoms with Crippen molar-refractivity contribution in [2.75, 3.05) is 0 Å². The lowest BCUT2D eigenvalue weighted by Gasteiger charge is -2.07. The minimum atomic E-state index is -0.0617. The maximum Gasteiger partial charge on any atom is 0.129 e. The van der Waals surface area contributed by atoms with Crippen LogP contribution in [0.3, 0.4) is 0 Å². The predicted molar refractivity (Wildman–Crippen MR) is 38.9 cm³/mol. The summed E-state index contributed by atoms with van der Waals surface area (Å²) in [6, 6.07) is 0. The second-order valence-corrected chi connectivity index (χ2v) is 2.82. The highest BCUT2D eigenvalue weighted by Gasteiger charge is 2.09. The molecule has 0 bridgehead atoms. The Balaban J connectivity index is 2.75. The molecule has 0 spiro atoms. The van der Waals surface area contributed by atoms with E-state index in [2.05, 4.69) is 0 Å². The normalized spacial score (nSPS) is 27.1. The summed E-state index contributed by atoms with van der Waals surface area (Å²) in [5.41, 5.74) is 0. The van der Waals surface area contributed by atoms with Crippen molar-refractivity contribution >= 4 is 23.2 Å². The van der Waals surface area contributed by atoms with Crippen molar-refractivity contribution in [1.82, 2.24) is 0 Å². The summed E-state index contributed by atoms with van der Waals surface area (Å²) >= 11 is 11.2. The van der Waals surface area contributed by atoms with Crippen LogP contribution in [0.4, 0.5) is 0 Å². The van der Waals surface area contributed by atoms with Crippen molar-refractivity contribution in [2.24, 2.45) is 0 Å². The second-order valence-electron chi connectivity index (χ2n) is 1.86. The molecule has 1 N–H and O–H groups in total. The summed E-state index contributed by atoms with van der Waals surface area (Å²) < 4.78 is 0. The van der Waals surface area contributed by atoms with E-state index in [0.717, 1.165) is 0 Å². The first-order valence-corrected chi connectivity index (χ1v) is 3.42. The summed E-state index contributed by atoms with van der Waals surface area (Å²) in [6.07, 6.45) is 3.89. The van der Waals surface area contributed by atoms with E-state index in [9.17, 15) is 0 Å².